The van der Waals surface area contributed by atoms with Crippen LogP contribution in [0.2, 0.25) is 0 Å². The third-order valence-corrected chi connectivity index (χ3v) is 3.22. The van der Waals surface area contributed by atoms with Crippen molar-refractivity contribution >= 4 is 11.8 Å². The van der Waals surface area contributed by atoms with E-state index in [1.807, 2.05) is 12.1 Å². The van der Waals surface area contributed by atoms with E-state index in [9.17, 15) is 0 Å². The molecule has 0 aliphatic rings. The van der Waals surface area contributed by atoms with Crippen LogP contribution in [0.4, 0.5) is 0 Å². The van der Waals surface area contributed by atoms with Gasteiger partial charge >= 0.3 is 0 Å². The summed E-state index contributed by atoms with van der Waals surface area (Å²) in [6.07, 6.45) is 1.73. The van der Waals surface area contributed by atoms with Gasteiger partial charge in [-0.25, -0.2) is 4.98 Å². The van der Waals surface area contributed by atoms with Crippen molar-refractivity contribution < 1.29 is 4.74 Å². The Balaban J connectivity index is 2.23. The van der Waals surface area contributed by atoms with Gasteiger partial charge in [0.1, 0.15) is 0 Å². The van der Waals surface area contributed by atoms with Crippen LogP contribution in [0.1, 0.15) is 5.56 Å². The lowest BCUT2D eigenvalue weighted by Crippen LogP contribution is -1.88. The Hall–Kier alpha value is -1.48. The minimum absolute atomic E-state index is 0.674. The van der Waals surface area contributed by atoms with Crippen molar-refractivity contribution in [2.75, 3.05) is 7.11 Å². The van der Waals surface area contributed by atoms with Crippen LogP contribution in [0.3, 0.4) is 0 Å². The maximum absolute atomic E-state index is 5.21. The van der Waals surface area contributed by atoms with Crippen molar-refractivity contribution in [3.05, 3.63) is 48.2 Å². The van der Waals surface area contributed by atoms with Crippen LogP contribution in [0.5, 0.6) is 5.88 Å². The Bertz CT molecular complexity index is 468. The maximum atomic E-state index is 5.21. The van der Waals surface area contributed by atoms with E-state index in [0.717, 1.165) is 4.90 Å². The predicted octanol–water partition coefficient (Wildman–Crippen LogP) is 3.55. The summed E-state index contributed by atoms with van der Waals surface area (Å²) >= 11 is 1.66. The van der Waals surface area contributed by atoms with Gasteiger partial charge in [0.05, 0.1) is 12.0 Å². The van der Waals surface area contributed by atoms with Gasteiger partial charge in [-0.05, 0) is 31.2 Å². The first-order valence-electron chi connectivity index (χ1n) is 5.03. The number of ether oxygens (including phenoxy) is 1. The number of nitrogens with zero attached hydrogens (tertiary/aromatic N) is 1. The van der Waals surface area contributed by atoms with Gasteiger partial charge in [0, 0.05) is 11.1 Å². The second-order valence-corrected chi connectivity index (χ2v) is 4.54. The second-order valence-electron chi connectivity index (χ2n) is 3.43. The summed E-state index contributed by atoms with van der Waals surface area (Å²) in [4.78, 5) is 6.40. The average molecular weight is 231 g/mol. The molecular formula is C13H13NOS. The molecule has 1 aromatic carbocycles. The Morgan fingerprint density at radius 1 is 1.12 bits per heavy atom. The third-order valence-electron chi connectivity index (χ3n) is 2.18. The number of aromatic nitrogens is 1. The first kappa shape index (κ1) is 11.0. The molecule has 2 aromatic rings. The molecule has 0 aliphatic heterocycles. The smallest absolute Gasteiger partial charge is 0.227 e. The Morgan fingerprint density at radius 3 is 2.56 bits per heavy atom. The van der Waals surface area contributed by atoms with E-state index in [-0.39, 0.29) is 0 Å². The minimum Gasteiger partial charge on any atom is -0.480 e. The fourth-order valence-electron chi connectivity index (χ4n) is 1.34. The molecule has 0 unspecified atom stereocenters. The molecule has 0 spiro atoms. The van der Waals surface area contributed by atoms with Gasteiger partial charge in [0.15, 0.2) is 0 Å². The molecule has 3 heteroatoms. The predicted molar refractivity (Wildman–Crippen MR) is 66.1 cm³/mol. The number of aryl methyl sites for hydroxylation is 1. The van der Waals surface area contributed by atoms with Crippen LogP contribution in [-0.2, 0) is 0 Å². The summed E-state index contributed by atoms with van der Waals surface area (Å²) in [5.41, 5.74) is 1.27. The standard InChI is InChI=1S/C13H13NOS/c1-10-5-7-11(8-6-10)16-12-4-3-9-14-13(12)15-2/h3-9H,1-2H3. The number of benzene rings is 1. The molecule has 2 rings (SSSR count). The first-order chi connectivity index (χ1) is 7.79. The number of hydrogen-bond donors (Lipinski definition) is 0. The summed E-state index contributed by atoms with van der Waals surface area (Å²) in [6, 6.07) is 12.3. The van der Waals surface area contributed by atoms with E-state index in [0.29, 0.717) is 5.88 Å². The quantitative estimate of drug-likeness (QED) is 0.806. The Labute approximate surface area is 99.7 Å². The lowest BCUT2D eigenvalue weighted by molar-refractivity contribution is 0.387. The fraction of sp³-hybridized carbons (Fsp3) is 0.154. The van der Waals surface area contributed by atoms with Crippen molar-refractivity contribution in [1.29, 1.82) is 0 Å². The van der Waals surface area contributed by atoms with E-state index >= 15 is 0 Å². The molecule has 82 valence electrons. The van der Waals surface area contributed by atoms with Gasteiger partial charge in [0.25, 0.3) is 0 Å². The van der Waals surface area contributed by atoms with Gasteiger partial charge in [-0.2, -0.15) is 0 Å². The van der Waals surface area contributed by atoms with Crippen LogP contribution >= 0.6 is 11.8 Å². The number of rotatable bonds is 3. The molecule has 0 aliphatic carbocycles. The van der Waals surface area contributed by atoms with E-state index in [1.165, 1.54) is 10.5 Å². The molecule has 0 N–H and O–H groups in total. The summed E-state index contributed by atoms with van der Waals surface area (Å²) in [7, 11) is 1.64. The van der Waals surface area contributed by atoms with Gasteiger partial charge in [0.2, 0.25) is 5.88 Å². The van der Waals surface area contributed by atoms with Gasteiger partial charge in [-0.1, -0.05) is 29.5 Å². The van der Waals surface area contributed by atoms with Crippen molar-refractivity contribution in [3.63, 3.8) is 0 Å². The molecule has 16 heavy (non-hydrogen) atoms. The molecule has 1 heterocycles. The lowest BCUT2D eigenvalue weighted by atomic mass is 10.2. The Kier molecular flexibility index (Phi) is 3.47. The summed E-state index contributed by atoms with van der Waals surface area (Å²) in [5.74, 6) is 0.674. The molecule has 2 nitrogen and oxygen atoms in total. The number of methoxy groups -OCH3 is 1. The van der Waals surface area contributed by atoms with Crippen molar-refractivity contribution in [1.82, 2.24) is 4.98 Å². The number of hydrogen-bond acceptors (Lipinski definition) is 3. The van der Waals surface area contributed by atoms with Crippen LogP contribution in [0.15, 0.2) is 52.4 Å². The molecule has 0 bridgehead atoms. The van der Waals surface area contributed by atoms with Gasteiger partial charge in [-0.3, -0.25) is 0 Å². The summed E-state index contributed by atoms with van der Waals surface area (Å²) < 4.78 is 5.21. The van der Waals surface area contributed by atoms with Crippen molar-refractivity contribution in [3.8, 4) is 5.88 Å². The van der Waals surface area contributed by atoms with E-state index in [1.54, 1.807) is 25.1 Å². The van der Waals surface area contributed by atoms with Gasteiger partial charge < -0.3 is 4.74 Å². The average Bonchev–Trinajstić information content (AvgIpc) is 2.33. The van der Waals surface area contributed by atoms with Gasteiger partial charge in [-0.15, -0.1) is 0 Å². The van der Waals surface area contributed by atoms with Crippen molar-refractivity contribution in [2.24, 2.45) is 0 Å². The highest BCUT2D eigenvalue weighted by Gasteiger charge is 2.04. The lowest BCUT2D eigenvalue weighted by Gasteiger charge is -2.06. The van der Waals surface area contributed by atoms with Crippen LogP contribution in [0.25, 0.3) is 0 Å². The minimum atomic E-state index is 0.674. The molecule has 0 amide bonds. The van der Waals surface area contributed by atoms with Crippen molar-refractivity contribution in [2.45, 2.75) is 16.7 Å². The SMILES string of the molecule is COc1ncccc1Sc1ccc(C)cc1. The third kappa shape index (κ3) is 2.55. The van der Waals surface area contributed by atoms with Crippen LogP contribution < -0.4 is 4.74 Å². The molecule has 0 radical (unpaired) electrons. The summed E-state index contributed by atoms with van der Waals surface area (Å²) in [5, 5.41) is 0. The first-order valence-corrected chi connectivity index (χ1v) is 5.85. The molecule has 1 aromatic heterocycles. The van der Waals surface area contributed by atoms with E-state index in [2.05, 4.69) is 36.2 Å². The van der Waals surface area contributed by atoms with Crippen LogP contribution in [0, 0.1) is 6.92 Å². The summed E-state index contributed by atoms with van der Waals surface area (Å²) in [6.45, 7) is 2.08. The van der Waals surface area contributed by atoms with E-state index < -0.39 is 0 Å². The zero-order chi connectivity index (χ0) is 11.4. The number of pyridine rings is 1. The molecule has 0 saturated heterocycles. The highest BCUT2D eigenvalue weighted by Crippen LogP contribution is 2.33. The zero-order valence-electron chi connectivity index (χ0n) is 9.31. The molecular weight excluding hydrogens is 218 g/mol. The highest BCUT2D eigenvalue weighted by atomic mass is 32.2. The largest absolute Gasteiger partial charge is 0.480 e. The normalized spacial score (nSPS) is 10.1. The monoisotopic (exact) mass is 231 g/mol. The van der Waals surface area contributed by atoms with E-state index in [4.69, 9.17) is 4.74 Å². The van der Waals surface area contributed by atoms with Crippen LogP contribution in [-0.4, -0.2) is 12.1 Å². The molecule has 0 fully saturated rings. The molecule has 0 saturated carbocycles. The second kappa shape index (κ2) is 5.03. The maximum Gasteiger partial charge on any atom is 0.227 e. The molecule has 0 atom stereocenters. The Morgan fingerprint density at radius 2 is 1.88 bits per heavy atom. The highest BCUT2D eigenvalue weighted by molar-refractivity contribution is 7.99. The fourth-order valence-corrected chi connectivity index (χ4v) is 2.24. The topological polar surface area (TPSA) is 22.1 Å². The zero-order valence-corrected chi connectivity index (χ0v) is 10.1.